The summed E-state index contributed by atoms with van der Waals surface area (Å²) in [6, 6.07) is 0.704. The highest BCUT2D eigenvalue weighted by molar-refractivity contribution is 5.81. The van der Waals surface area contributed by atoms with Crippen LogP contribution in [0, 0.1) is 0 Å². The molecule has 124 valence electrons. The molecule has 1 unspecified atom stereocenters. The van der Waals surface area contributed by atoms with Crippen molar-refractivity contribution in [3.05, 3.63) is 0 Å². The topological polar surface area (TPSA) is 44.4 Å². The number of nitrogens with zero attached hydrogens (tertiary/aromatic N) is 1. The number of hydrogen-bond donors (Lipinski definition) is 2. The minimum absolute atomic E-state index is 0.0816. The van der Waals surface area contributed by atoms with Crippen molar-refractivity contribution in [1.29, 1.82) is 0 Å². The van der Waals surface area contributed by atoms with E-state index in [9.17, 15) is 4.79 Å². The van der Waals surface area contributed by atoms with Gasteiger partial charge < -0.3 is 15.5 Å². The smallest absolute Gasteiger partial charge is 0.236 e. The average Bonchev–Trinajstić information content (AvgIpc) is 2.52. The zero-order valence-corrected chi connectivity index (χ0v) is 14.3. The van der Waals surface area contributed by atoms with Gasteiger partial charge in [0.2, 0.25) is 5.91 Å². The molecule has 1 atom stereocenters. The van der Waals surface area contributed by atoms with Crippen molar-refractivity contribution in [2.75, 3.05) is 26.7 Å². The lowest BCUT2D eigenvalue weighted by molar-refractivity contribution is -0.122. The lowest BCUT2D eigenvalue weighted by Gasteiger charge is -2.31. The molecule has 1 saturated carbocycles. The molecule has 0 aromatic heterocycles. The third kappa shape index (κ3) is 7.82. The van der Waals surface area contributed by atoms with Crippen molar-refractivity contribution >= 4 is 5.91 Å². The highest BCUT2D eigenvalue weighted by Crippen LogP contribution is 2.21. The summed E-state index contributed by atoms with van der Waals surface area (Å²) in [4.78, 5) is 14.3. The molecule has 1 amide bonds. The maximum absolute atomic E-state index is 11.8. The lowest BCUT2D eigenvalue weighted by Crippen LogP contribution is -2.43. The number of nitrogens with one attached hydrogen (secondary N) is 2. The third-order valence-electron chi connectivity index (χ3n) is 4.56. The van der Waals surface area contributed by atoms with Crippen molar-refractivity contribution in [3.63, 3.8) is 0 Å². The Hall–Kier alpha value is -0.610. The van der Waals surface area contributed by atoms with Gasteiger partial charge in [0.05, 0.1) is 6.04 Å². The van der Waals surface area contributed by atoms with E-state index in [1.807, 2.05) is 6.92 Å². The van der Waals surface area contributed by atoms with Crippen LogP contribution in [0.2, 0.25) is 0 Å². The van der Waals surface area contributed by atoms with Crippen LogP contribution in [-0.4, -0.2) is 49.6 Å². The van der Waals surface area contributed by atoms with Gasteiger partial charge in [-0.15, -0.1) is 0 Å². The predicted molar refractivity (Wildman–Crippen MR) is 89.5 cm³/mol. The van der Waals surface area contributed by atoms with Gasteiger partial charge in [0.25, 0.3) is 0 Å². The first-order valence-corrected chi connectivity index (χ1v) is 8.86. The summed E-state index contributed by atoms with van der Waals surface area (Å²) in [5.41, 5.74) is 0. The van der Waals surface area contributed by atoms with Gasteiger partial charge in [-0.1, -0.05) is 32.6 Å². The maximum atomic E-state index is 11.8. The zero-order chi connectivity index (χ0) is 15.5. The fourth-order valence-electron chi connectivity index (χ4n) is 2.99. The van der Waals surface area contributed by atoms with Crippen LogP contribution < -0.4 is 10.6 Å². The van der Waals surface area contributed by atoms with E-state index in [1.54, 1.807) is 0 Å². The van der Waals surface area contributed by atoms with Crippen LogP contribution in [-0.2, 0) is 4.79 Å². The van der Waals surface area contributed by atoms with Crippen LogP contribution in [0.25, 0.3) is 0 Å². The first-order valence-electron chi connectivity index (χ1n) is 8.86. The zero-order valence-electron chi connectivity index (χ0n) is 14.3. The number of carbonyl (C=O) groups excluding carboxylic acids is 1. The summed E-state index contributed by atoms with van der Waals surface area (Å²) in [5, 5.41) is 6.30. The molecule has 0 aromatic carbocycles. The molecule has 1 aliphatic rings. The van der Waals surface area contributed by atoms with Crippen molar-refractivity contribution in [2.45, 2.75) is 77.3 Å². The van der Waals surface area contributed by atoms with Crippen molar-refractivity contribution < 1.29 is 4.79 Å². The Kier molecular flexibility index (Phi) is 9.68. The van der Waals surface area contributed by atoms with Crippen molar-refractivity contribution in [1.82, 2.24) is 15.5 Å². The molecule has 0 radical (unpaired) electrons. The Morgan fingerprint density at radius 2 is 1.90 bits per heavy atom. The highest BCUT2D eigenvalue weighted by atomic mass is 16.2. The molecule has 1 rings (SSSR count). The SMILES string of the molecule is CCCCNC(=O)C(C)NCCCN(C)C1CCCCC1. The van der Waals surface area contributed by atoms with E-state index in [-0.39, 0.29) is 11.9 Å². The third-order valence-corrected chi connectivity index (χ3v) is 4.56. The van der Waals surface area contributed by atoms with Gasteiger partial charge in [0.15, 0.2) is 0 Å². The van der Waals surface area contributed by atoms with Crippen molar-refractivity contribution in [3.8, 4) is 0 Å². The summed E-state index contributed by atoms with van der Waals surface area (Å²) < 4.78 is 0. The molecular weight excluding hydrogens is 262 g/mol. The van der Waals surface area contributed by atoms with Crippen molar-refractivity contribution in [2.24, 2.45) is 0 Å². The monoisotopic (exact) mass is 297 g/mol. The summed E-state index contributed by atoms with van der Waals surface area (Å²) >= 11 is 0. The Labute approximate surface area is 131 Å². The molecule has 4 nitrogen and oxygen atoms in total. The summed E-state index contributed by atoms with van der Waals surface area (Å²) in [6.45, 7) is 6.93. The molecule has 0 heterocycles. The summed E-state index contributed by atoms with van der Waals surface area (Å²) in [7, 11) is 2.25. The van der Waals surface area contributed by atoms with E-state index in [1.165, 1.54) is 32.1 Å². The first kappa shape index (κ1) is 18.4. The Bertz CT molecular complexity index is 277. The molecule has 1 aliphatic carbocycles. The molecule has 0 spiro atoms. The number of hydrogen-bond acceptors (Lipinski definition) is 3. The lowest BCUT2D eigenvalue weighted by atomic mass is 9.94. The highest BCUT2D eigenvalue weighted by Gasteiger charge is 2.17. The second-order valence-corrected chi connectivity index (χ2v) is 6.45. The summed E-state index contributed by atoms with van der Waals surface area (Å²) in [6.07, 6.45) is 10.2. The number of unbranched alkanes of at least 4 members (excludes halogenated alkanes) is 1. The van der Waals surface area contributed by atoms with E-state index in [0.29, 0.717) is 0 Å². The van der Waals surface area contributed by atoms with Gasteiger partial charge in [0.1, 0.15) is 0 Å². The van der Waals surface area contributed by atoms with Gasteiger partial charge in [-0.2, -0.15) is 0 Å². The van der Waals surface area contributed by atoms with Gasteiger partial charge in [-0.3, -0.25) is 4.79 Å². The second-order valence-electron chi connectivity index (χ2n) is 6.45. The summed E-state index contributed by atoms with van der Waals surface area (Å²) in [5.74, 6) is 0.129. The molecule has 21 heavy (non-hydrogen) atoms. The van der Waals surface area contributed by atoms with Crippen LogP contribution in [0.1, 0.15) is 65.2 Å². The molecule has 0 aromatic rings. The standard InChI is InChI=1S/C17H35N3O/c1-4-5-12-19-17(21)15(2)18-13-9-14-20(3)16-10-7-6-8-11-16/h15-16,18H,4-14H2,1-3H3,(H,19,21). The predicted octanol–water partition coefficient (Wildman–Crippen LogP) is 2.54. The average molecular weight is 297 g/mol. The van der Waals surface area contributed by atoms with E-state index >= 15 is 0 Å². The van der Waals surface area contributed by atoms with E-state index in [0.717, 1.165) is 44.9 Å². The van der Waals surface area contributed by atoms with Crippen LogP contribution >= 0.6 is 0 Å². The van der Waals surface area contributed by atoms with Crippen LogP contribution in [0.15, 0.2) is 0 Å². The minimum Gasteiger partial charge on any atom is -0.355 e. The minimum atomic E-state index is -0.0816. The fourth-order valence-corrected chi connectivity index (χ4v) is 2.99. The molecule has 2 N–H and O–H groups in total. The van der Waals surface area contributed by atoms with Crippen LogP contribution in [0.5, 0.6) is 0 Å². The van der Waals surface area contributed by atoms with E-state index < -0.39 is 0 Å². The molecule has 0 aliphatic heterocycles. The van der Waals surface area contributed by atoms with Crippen LogP contribution in [0.4, 0.5) is 0 Å². The second kappa shape index (κ2) is 11.0. The van der Waals surface area contributed by atoms with Gasteiger partial charge in [0, 0.05) is 12.6 Å². The molecule has 0 bridgehead atoms. The Morgan fingerprint density at radius 3 is 2.57 bits per heavy atom. The largest absolute Gasteiger partial charge is 0.355 e. The maximum Gasteiger partial charge on any atom is 0.236 e. The number of carbonyl (C=O) groups is 1. The first-order chi connectivity index (χ1) is 10.1. The van der Waals surface area contributed by atoms with Gasteiger partial charge >= 0.3 is 0 Å². The Balaban J connectivity index is 2.05. The quantitative estimate of drug-likeness (QED) is 0.609. The van der Waals surface area contributed by atoms with E-state index in [4.69, 9.17) is 0 Å². The van der Waals surface area contributed by atoms with Gasteiger partial charge in [-0.25, -0.2) is 0 Å². The molecular formula is C17H35N3O. The van der Waals surface area contributed by atoms with E-state index in [2.05, 4.69) is 29.5 Å². The molecule has 1 fully saturated rings. The molecule has 0 saturated heterocycles. The van der Waals surface area contributed by atoms with Crippen LogP contribution in [0.3, 0.4) is 0 Å². The fraction of sp³-hybridized carbons (Fsp3) is 0.941. The molecule has 4 heteroatoms. The Morgan fingerprint density at radius 1 is 1.19 bits per heavy atom. The normalized spacial score (nSPS) is 17.9. The number of rotatable bonds is 10. The van der Waals surface area contributed by atoms with Gasteiger partial charge in [-0.05, 0) is 52.7 Å². The number of amides is 1.